The molecule has 0 spiro atoms. The van der Waals surface area contributed by atoms with E-state index in [2.05, 4.69) is 5.32 Å². The summed E-state index contributed by atoms with van der Waals surface area (Å²) in [6.45, 7) is 0. The number of carbonyl (C=O) groups is 1. The minimum absolute atomic E-state index is 0.317. The number of carbonyl (C=O) groups excluding carboxylic acids is 1. The summed E-state index contributed by atoms with van der Waals surface area (Å²) < 4.78 is 12.7. The standard InChI is InChI=1S/C15H10Cl2FNO/c16-13-7-1-10(9-14(13)17)2-8-15(20)19-12-5-3-11(18)4-6-12/h1-9H,(H,19,20). The van der Waals surface area contributed by atoms with Crippen molar-refractivity contribution in [3.8, 4) is 0 Å². The smallest absolute Gasteiger partial charge is 0.248 e. The monoisotopic (exact) mass is 309 g/mol. The van der Waals surface area contributed by atoms with E-state index in [9.17, 15) is 9.18 Å². The third kappa shape index (κ3) is 4.08. The van der Waals surface area contributed by atoms with E-state index >= 15 is 0 Å². The summed E-state index contributed by atoms with van der Waals surface area (Å²) in [5, 5.41) is 3.50. The van der Waals surface area contributed by atoms with Crippen molar-refractivity contribution < 1.29 is 9.18 Å². The SMILES string of the molecule is O=C(C=Cc1ccc(Cl)c(Cl)c1)Nc1ccc(F)cc1. The van der Waals surface area contributed by atoms with E-state index in [1.165, 1.54) is 30.3 Å². The number of halogens is 3. The Labute approximate surface area is 125 Å². The number of anilines is 1. The fourth-order valence-corrected chi connectivity index (χ4v) is 1.81. The van der Waals surface area contributed by atoms with Crippen molar-refractivity contribution in [3.63, 3.8) is 0 Å². The Morgan fingerprint density at radius 1 is 1.05 bits per heavy atom. The molecule has 0 saturated carbocycles. The molecule has 0 saturated heterocycles. The Morgan fingerprint density at radius 2 is 1.75 bits per heavy atom. The minimum atomic E-state index is -0.352. The predicted octanol–water partition coefficient (Wildman–Crippen LogP) is 4.78. The molecule has 0 fully saturated rings. The van der Waals surface area contributed by atoms with Crippen LogP contribution in [0.5, 0.6) is 0 Å². The van der Waals surface area contributed by atoms with Gasteiger partial charge in [-0.15, -0.1) is 0 Å². The lowest BCUT2D eigenvalue weighted by molar-refractivity contribution is -0.111. The van der Waals surface area contributed by atoms with Gasteiger partial charge in [0, 0.05) is 11.8 Å². The Bertz CT molecular complexity index is 653. The van der Waals surface area contributed by atoms with Crippen molar-refractivity contribution >= 4 is 40.9 Å². The van der Waals surface area contributed by atoms with Crippen LogP contribution in [0.2, 0.25) is 10.0 Å². The van der Waals surface area contributed by atoms with E-state index < -0.39 is 0 Å². The molecule has 0 heterocycles. The van der Waals surface area contributed by atoms with Gasteiger partial charge < -0.3 is 5.32 Å². The molecule has 2 nitrogen and oxygen atoms in total. The van der Waals surface area contributed by atoms with Gasteiger partial charge >= 0.3 is 0 Å². The molecule has 20 heavy (non-hydrogen) atoms. The quantitative estimate of drug-likeness (QED) is 0.812. The fourth-order valence-electron chi connectivity index (χ4n) is 1.51. The molecule has 0 aliphatic rings. The Balaban J connectivity index is 2.01. The summed E-state index contributed by atoms with van der Waals surface area (Å²) >= 11 is 11.7. The molecule has 2 aromatic carbocycles. The van der Waals surface area contributed by atoms with Crippen LogP contribution in [0.25, 0.3) is 6.08 Å². The van der Waals surface area contributed by atoms with Crippen molar-refractivity contribution in [2.24, 2.45) is 0 Å². The zero-order chi connectivity index (χ0) is 14.5. The summed E-state index contributed by atoms with van der Waals surface area (Å²) in [5.41, 5.74) is 1.28. The lowest BCUT2D eigenvalue weighted by Crippen LogP contribution is -2.07. The van der Waals surface area contributed by atoms with Crippen LogP contribution in [-0.4, -0.2) is 5.91 Å². The van der Waals surface area contributed by atoms with Gasteiger partial charge in [0.15, 0.2) is 0 Å². The zero-order valence-corrected chi connectivity index (χ0v) is 11.8. The molecular weight excluding hydrogens is 300 g/mol. The average Bonchev–Trinajstić information content (AvgIpc) is 2.43. The molecule has 2 aromatic rings. The van der Waals surface area contributed by atoms with Crippen LogP contribution < -0.4 is 5.32 Å². The molecule has 0 bridgehead atoms. The van der Waals surface area contributed by atoms with Crippen molar-refractivity contribution in [2.75, 3.05) is 5.32 Å². The normalized spacial score (nSPS) is 10.8. The molecule has 0 aliphatic heterocycles. The van der Waals surface area contributed by atoms with Gasteiger partial charge in [0.05, 0.1) is 10.0 Å². The molecule has 0 unspecified atom stereocenters. The largest absolute Gasteiger partial charge is 0.323 e. The summed E-state index contributed by atoms with van der Waals surface area (Å²) in [6, 6.07) is 10.6. The van der Waals surface area contributed by atoms with Crippen LogP contribution >= 0.6 is 23.2 Å². The third-order valence-corrected chi connectivity index (χ3v) is 3.22. The van der Waals surface area contributed by atoms with Gasteiger partial charge in [-0.1, -0.05) is 29.3 Å². The van der Waals surface area contributed by atoms with Gasteiger partial charge in [0.25, 0.3) is 0 Å². The van der Waals surface area contributed by atoms with Crippen LogP contribution in [0.15, 0.2) is 48.5 Å². The number of nitrogens with one attached hydrogen (secondary N) is 1. The predicted molar refractivity (Wildman–Crippen MR) is 80.5 cm³/mol. The van der Waals surface area contributed by atoms with Crippen molar-refractivity contribution in [1.82, 2.24) is 0 Å². The summed E-state index contributed by atoms with van der Waals surface area (Å²) in [4.78, 5) is 11.7. The highest BCUT2D eigenvalue weighted by Crippen LogP contribution is 2.23. The van der Waals surface area contributed by atoms with Crippen LogP contribution in [0.3, 0.4) is 0 Å². The molecule has 5 heteroatoms. The number of hydrogen-bond acceptors (Lipinski definition) is 1. The molecular formula is C15H10Cl2FNO. The molecule has 0 radical (unpaired) electrons. The Hall–Kier alpha value is -1.84. The second kappa shape index (κ2) is 6.55. The molecule has 0 aromatic heterocycles. The number of hydrogen-bond donors (Lipinski definition) is 1. The van der Waals surface area contributed by atoms with Crippen LogP contribution in [0.1, 0.15) is 5.56 Å². The average molecular weight is 310 g/mol. The van der Waals surface area contributed by atoms with Gasteiger partial charge in [-0.2, -0.15) is 0 Å². The second-order valence-corrected chi connectivity index (χ2v) is 4.82. The van der Waals surface area contributed by atoms with Crippen molar-refractivity contribution in [1.29, 1.82) is 0 Å². The van der Waals surface area contributed by atoms with E-state index in [4.69, 9.17) is 23.2 Å². The third-order valence-electron chi connectivity index (χ3n) is 2.48. The Morgan fingerprint density at radius 3 is 2.40 bits per heavy atom. The first-order valence-corrected chi connectivity index (χ1v) is 6.50. The fraction of sp³-hybridized carbons (Fsp3) is 0. The maximum absolute atomic E-state index is 12.7. The molecule has 1 N–H and O–H groups in total. The van der Waals surface area contributed by atoms with E-state index in [1.54, 1.807) is 24.3 Å². The highest BCUT2D eigenvalue weighted by molar-refractivity contribution is 6.42. The van der Waals surface area contributed by atoms with Gasteiger partial charge in [0.2, 0.25) is 5.91 Å². The van der Waals surface area contributed by atoms with Crippen molar-refractivity contribution in [2.45, 2.75) is 0 Å². The molecule has 0 aliphatic carbocycles. The van der Waals surface area contributed by atoms with Gasteiger partial charge in [-0.25, -0.2) is 4.39 Å². The molecule has 1 amide bonds. The maximum Gasteiger partial charge on any atom is 0.248 e. The zero-order valence-electron chi connectivity index (χ0n) is 10.2. The summed E-state index contributed by atoms with van der Waals surface area (Å²) in [6.07, 6.45) is 2.98. The molecule has 0 atom stereocenters. The van der Waals surface area contributed by atoms with Gasteiger partial charge in [-0.05, 0) is 48.0 Å². The van der Waals surface area contributed by atoms with Gasteiger partial charge in [-0.3, -0.25) is 4.79 Å². The molecule has 2 rings (SSSR count). The molecule has 102 valence electrons. The van der Waals surface area contributed by atoms with E-state index in [0.717, 1.165) is 5.56 Å². The second-order valence-electron chi connectivity index (χ2n) is 4.00. The first kappa shape index (κ1) is 14.6. The summed E-state index contributed by atoms with van der Waals surface area (Å²) in [7, 11) is 0. The first-order chi connectivity index (χ1) is 9.54. The number of amides is 1. The maximum atomic E-state index is 12.7. The van der Waals surface area contributed by atoms with Crippen LogP contribution in [-0.2, 0) is 4.79 Å². The number of rotatable bonds is 3. The lowest BCUT2D eigenvalue weighted by atomic mass is 10.2. The van der Waals surface area contributed by atoms with E-state index in [1.807, 2.05) is 0 Å². The lowest BCUT2D eigenvalue weighted by Gasteiger charge is -2.01. The van der Waals surface area contributed by atoms with Gasteiger partial charge in [0.1, 0.15) is 5.82 Å². The number of benzene rings is 2. The topological polar surface area (TPSA) is 29.1 Å². The van der Waals surface area contributed by atoms with E-state index in [-0.39, 0.29) is 11.7 Å². The van der Waals surface area contributed by atoms with Crippen LogP contribution in [0, 0.1) is 5.82 Å². The minimum Gasteiger partial charge on any atom is -0.323 e. The Kier molecular flexibility index (Phi) is 4.77. The van der Waals surface area contributed by atoms with E-state index in [0.29, 0.717) is 15.7 Å². The highest BCUT2D eigenvalue weighted by Gasteiger charge is 2.00. The van der Waals surface area contributed by atoms with Crippen molar-refractivity contribution in [3.05, 3.63) is 70.0 Å². The highest BCUT2D eigenvalue weighted by atomic mass is 35.5. The summed E-state index contributed by atoms with van der Waals surface area (Å²) in [5.74, 6) is -0.669. The van der Waals surface area contributed by atoms with Crippen LogP contribution in [0.4, 0.5) is 10.1 Å². The first-order valence-electron chi connectivity index (χ1n) is 5.74.